The fourth-order valence-electron chi connectivity index (χ4n) is 3.81. The van der Waals surface area contributed by atoms with Gasteiger partial charge < -0.3 is 0 Å². The molecule has 4 aromatic rings. The lowest BCUT2D eigenvalue weighted by Crippen LogP contribution is -2.26. The van der Waals surface area contributed by atoms with Crippen LogP contribution < -0.4 is 0 Å². The third kappa shape index (κ3) is 1.58. The van der Waals surface area contributed by atoms with Gasteiger partial charge >= 0.3 is 0 Å². The van der Waals surface area contributed by atoms with Gasteiger partial charge in [-0.2, -0.15) is 0 Å². The lowest BCUT2D eigenvalue weighted by atomic mass is 9.72. The summed E-state index contributed by atoms with van der Waals surface area (Å²) in [6.07, 6.45) is 0. The van der Waals surface area contributed by atoms with E-state index < -0.39 is 0 Å². The molecule has 0 atom stereocenters. The molecule has 1 heterocycles. The van der Waals surface area contributed by atoms with E-state index in [1.807, 2.05) is 24.3 Å². The van der Waals surface area contributed by atoms with Crippen molar-refractivity contribution in [1.29, 1.82) is 0 Å². The zero-order valence-electron chi connectivity index (χ0n) is 13.2. The van der Waals surface area contributed by atoms with Crippen LogP contribution >= 0.6 is 0 Å². The fraction of sp³-hybridized carbons (Fsp3) is 0.143. The molecule has 0 amide bonds. The summed E-state index contributed by atoms with van der Waals surface area (Å²) < 4.78 is 0. The van der Waals surface area contributed by atoms with E-state index in [1.165, 1.54) is 21.9 Å². The standard InChI is InChI=1S/C21H16N2/c1-21(2)15-10-6-8-13-7-5-9-14(18(13)15)19-20(21)23-17-12-4-3-11-16(17)22-19/h3-12H,1-2H3. The van der Waals surface area contributed by atoms with Crippen LogP contribution in [0.5, 0.6) is 0 Å². The lowest BCUT2D eigenvalue weighted by Gasteiger charge is -2.33. The molecule has 110 valence electrons. The van der Waals surface area contributed by atoms with E-state index in [0.717, 1.165) is 22.4 Å². The minimum Gasteiger partial charge on any atom is -0.248 e. The summed E-state index contributed by atoms with van der Waals surface area (Å²) in [6.45, 7) is 4.50. The van der Waals surface area contributed by atoms with Gasteiger partial charge in [0.2, 0.25) is 0 Å². The first-order valence-electron chi connectivity index (χ1n) is 7.96. The average molecular weight is 296 g/mol. The predicted molar refractivity (Wildman–Crippen MR) is 94.6 cm³/mol. The zero-order chi connectivity index (χ0) is 15.6. The SMILES string of the molecule is CC1(C)c2nc3ccccc3nc2-c2cccc3cccc1c23. The number of rotatable bonds is 0. The van der Waals surface area contributed by atoms with Gasteiger partial charge in [0.05, 0.1) is 22.4 Å². The van der Waals surface area contributed by atoms with E-state index in [4.69, 9.17) is 9.97 Å². The summed E-state index contributed by atoms with van der Waals surface area (Å²) in [5.74, 6) is 0. The molecule has 3 aromatic carbocycles. The normalized spacial score (nSPS) is 14.9. The van der Waals surface area contributed by atoms with Crippen molar-refractivity contribution in [3.05, 3.63) is 71.9 Å². The Balaban J connectivity index is 2.02. The molecule has 0 N–H and O–H groups in total. The third-order valence-electron chi connectivity index (χ3n) is 5.00. The van der Waals surface area contributed by atoms with Crippen molar-refractivity contribution in [2.45, 2.75) is 19.3 Å². The van der Waals surface area contributed by atoms with Gasteiger partial charge in [0.15, 0.2) is 0 Å². The molecule has 0 unspecified atom stereocenters. The van der Waals surface area contributed by atoms with Crippen LogP contribution in [0.1, 0.15) is 25.1 Å². The van der Waals surface area contributed by atoms with Crippen molar-refractivity contribution in [1.82, 2.24) is 9.97 Å². The maximum absolute atomic E-state index is 4.99. The highest BCUT2D eigenvalue weighted by atomic mass is 14.9. The third-order valence-corrected chi connectivity index (χ3v) is 5.00. The zero-order valence-corrected chi connectivity index (χ0v) is 13.2. The molecule has 0 spiro atoms. The number of nitrogens with zero attached hydrogens (tertiary/aromatic N) is 2. The van der Waals surface area contributed by atoms with Crippen molar-refractivity contribution in [3.8, 4) is 11.3 Å². The smallest absolute Gasteiger partial charge is 0.0940 e. The fourth-order valence-corrected chi connectivity index (χ4v) is 3.81. The van der Waals surface area contributed by atoms with Gasteiger partial charge in [-0.15, -0.1) is 0 Å². The molecular weight excluding hydrogens is 280 g/mol. The number of aromatic nitrogens is 2. The Labute approximate surface area is 134 Å². The summed E-state index contributed by atoms with van der Waals surface area (Å²) in [6, 6.07) is 21.1. The van der Waals surface area contributed by atoms with Gasteiger partial charge in [0, 0.05) is 11.0 Å². The Hall–Kier alpha value is -2.74. The molecule has 2 heteroatoms. The molecular formula is C21H16N2. The number of benzene rings is 3. The van der Waals surface area contributed by atoms with Crippen LogP contribution in [0.15, 0.2) is 60.7 Å². The summed E-state index contributed by atoms with van der Waals surface area (Å²) in [7, 11) is 0. The highest BCUT2D eigenvalue weighted by molar-refractivity contribution is 6.02. The average Bonchev–Trinajstić information content (AvgIpc) is 2.58. The van der Waals surface area contributed by atoms with Gasteiger partial charge in [-0.3, -0.25) is 0 Å². The molecule has 0 bridgehead atoms. The van der Waals surface area contributed by atoms with E-state index in [2.05, 4.69) is 50.2 Å². The molecule has 0 saturated carbocycles. The maximum Gasteiger partial charge on any atom is 0.0940 e. The van der Waals surface area contributed by atoms with E-state index >= 15 is 0 Å². The van der Waals surface area contributed by atoms with Gasteiger partial charge in [-0.1, -0.05) is 62.4 Å². The van der Waals surface area contributed by atoms with Gasteiger partial charge in [-0.05, 0) is 28.5 Å². The van der Waals surface area contributed by atoms with Crippen LogP contribution in [0.4, 0.5) is 0 Å². The van der Waals surface area contributed by atoms with Crippen LogP contribution in [-0.4, -0.2) is 9.97 Å². The maximum atomic E-state index is 4.99. The number of para-hydroxylation sites is 2. The van der Waals surface area contributed by atoms with Crippen LogP contribution in [0.2, 0.25) is 0 Å². The number of fused-ring (bicyclic) bond motifs is 3. The number of hydrogen-bond donors (Lipinski definition) is 0. The highest BCUT2D eigenvalue weighted by Crippen LogP contribution is 2.47. The molecule has 23 heavy (non-hydrogen) atoms. The summed E-state index contributed by atoms with van der Waals surface area (Å²) in [4.78, 5) is 9.96. The van der Waals surface area contributed by atoms with E-state index in [1.54, 1.807) is 0 Å². The van der Waals surface area contributed by atoms with Crippen molar-refractivity contribution < 1.29 is 0 Å². The molecule has 1 aliphatic rings. The molecule has 0 radical (unpaired) electrons. The first-order chi connectivity index (χ1) is 11.2. The molecule has 1 aromatic heterocycles. The van der Waals surface area contributed by atoms with Crippen molar-refractivity contribution in [2.75, 3.05) is 0 Å². The first kappa shape index (κ1) is 12.8. The summed E-state index contributed by atoms with van der Waals surface area (Å²) in [5, 5.41) is 2.59. The molecule has 0 aliphatic heterocycles. The Morgan fingerprint density at radius 3 is 2.22 bits per heavy atom. The monoisotopic (exact) mass is 296 g/mol. The number of hydrogen-bond acceptors (Lipinski definition) is 2. The van der Waals surface area contributed by atoms with Crippen LogP contribution in [0.3, 0.4) is 0 Å². The van der Waals surface area contributed by atoms with Gasteiger partial charge in [0.25, 0.3) is 0 Å². The quantitative estimate of drug-likeness (QED) is 0.452. The topological polar surface area (TPSA) is 25.8 Å². The van der Waals surface area contributed by atoms with Crippen LogP contribution in [0, 0.1) is 0 Å². The Kier molecular flexibility index (Phi) is 2.31. The minimum absolute atomic E-state index is 0.153. The van der Waals surface area contributed by atoms with Crippen molar-refractivity contribution in [2.24, 2.45) is 0 Å². The van der Waals surface area contributed by atoms with Crippen molar-refractivity contribution >= 4 is 21.8 Å². The predicted octanol–water partition coefficient (Wildman–Crippen LogP) is 5.09. The molecule has 5 rings (SSSR count). The lowest BCUT2D eigenvalue weighted by molar-refractivity contribution is 0.620. The minimum atomic E-state index is -0.153. The first-order valence-corrected chi connectivity index (χ1v) is 7.96. The van der Waals surface area contributed by atoms with E-state index in [0.29, 0.717) is 0 Å². The second kappa shape index (κ2) is 4.17. The van der Waals surface area contributed by atoms with Gasteiger partial charge in [0.1, 0.15) is 0 Å². The van der Waals surface area contributed by atoms with Gasteiger partial charge in [-0.25, -0.2) is 9.97 Å². The van der Waals surface area contributed by atoms with Crippen molar-refractivity contribution in [3.63, 3.8) is 0 Å². The molecule has 1 aliphatic carbocycles. The second-order valence-corrected chi connectivity index (χ2v) is 6.74. The van der Waals surface area contributed by atoms with Crippen LogP contribution in [0.25, 0.3) is 33.1 Å². The Morgan fingerprint density at radius 1 is 0.739 bits per heavy atom. The molecule has 2 nitrogen and oxygen atoms in total. The Morgan fingerprint density at radius 2 is 1.43 bits per heavy atom. The Bertz CT molecular complexity index is 1090. The largest absolute Gasteiger partial charge is 0.248 e. The van der Waals surface area contributed by atoms with E-state index in [9.17, 15) is 0 Å². The molecule has 0 saturated heterocycles. The summed E-state index contributed by atoms with van der Waals surface area (Å²) in [5.41, 5.74) is 6.40. The van der Waals surface area contributed by atoms with E-state index in [-0.39, 0.29) is 5.41 Å². The second-order valence-electron chi connectivity index (χ2n) is 6.74. The van der Waals surface area contributed by atoms with Crippen LogP contribution in [-0.2, 0) is 5.41 Å². The molecule has 0 fully saturated rings. The highest BCUT2D eigenvalue weighted by Gasteiger charge is 2.35. The summed E-state index contributed by atoms with van der Waals surface area (Å²) >= 11 is 0.